The molecule has 5 aromatic carbocycles. The third-order valence-electron chi connectivity index (χ3n) is 16.8. The number of hydrogen-bond acceptors (Lipinski definition) is 14. The van der Waals surface area contributed by atoms with Gasteiger partial charge in [0.1, 0.15) is 11.6 Å². The maximum atomic E-state index is 11.7. The normalized spacial score (nSPS) is 24.1. The molecule has 5 aliphatic rings. The number of hydrazine groups is 1. The number of nitrogens with two attached hydrogens (primary N) is 1. The Morgan fingerprint density at radius 3 is 1.00 bits per heavy atom. The number of ketones is 2. The fourth-order valence-corrected chi connectivity index (χ4v) is 12.6. The van der Waals surface area contributed by atoms with Gasteiger partial charge >= 0.3 is 29.6 Å². The Kier molecular flexibility index (Phi) is 45.0. The van der Waals surface area contributed by atoms with Crippen LogP contribution >= 0.6 is 12.4 Å². The molecule has 17 heteroatoms. The number of hydrogen-bond donors (Lipinski definition) is 2. The van der Waals surface area contributed by atoms with Gasteiger partial charge in [0.2, 0.25) is 0 Å². The molecule has 3 N–H and O–H groups in total. The van der Waals surface area contributed by atoms with Crippen molar-refractivity contribution in [2.24, 2.45) is 63.4 Å². The standard InChI is InChI=1S/C16H25N3.C15H23N3.C14H21NO.C14H19NO.C13H17NO.C2H8N2.2CH4.B.ClH.Na.H/c1-13-10-19(12-15-8-6-5-7-9-15)11-14(2)16(13)17-18(3)4;1-13-11-18(10-9-15(13)16-17(2)3)12-14-7-5-4-6-8-14;2*1-11-8-15(9-12(2)14(11)16)10-13-6-4-3-5-7-13;1-11-9-14(8-7-13(11)15)10-12-5-3-2-4-6-12;1-4(2)3;;;;;;/h5-9,13-14H,10-12H2,1-4H3;4-8,13H,9-12H2,1-3H3;3-7,11-12,14,16H,8-10H2,1-2H3;3-7,11-12H,8-10H2,1-2H3;2-6,11H,7-10H2,1H3;3H2,1-2H3;2*1H4;;1H;;/q;;;;;;;;;;+1;-1/b;16-15+;;;;;;;;;;/t13-,14+;;11-,12+,14?;11-,12+;;;;;;;;. The van der Waals surface area contributed by atoms with Crippen molar-refractivity contribution in [3.63, 3.8) is 0 Å². The van der Waals surface area contributed by atoms with E-state index in [2.05, 4.69) is 209 Å². The summed E-state index contributed by atoms with van der Waals surface area (Å²) in [6.07, 6.45) is 1.67. The van der Waals surface area contributed by atoms with E-state index in [1.54, 1.807) is 14.1 Å². The molecule has 0 aliphatic carbocycles. The Morgan fingerprint density at radius 2 is 0.699 bits per heavy atom. The molecule has 0 saturated carbocycles. The molecule has 5 aliphatic heterocycles. The molecule has 0 spiro atoms. The molecule has 3 radical (unpaired) electrons. The van der Waals surface area contributed by atoms with Crippen LogP contribution in [0.3, 0.4) is 0 Å². The average Bonchev–Trinajstić information content (AvgIpc) is 1.22. The van der Waals surface area contributed by atoms with Crippen LogP contribution in [0.5, 0.6) is 0 Å². The Morgan fingerprint density at radius 1 is 0.430 bits per heavy atom. The van der Waals surface area contributed by atoms with Gasteiger partial charge in [-0.25, -0.2) is 0 Å². The van der Waals surface area contributed by atoms with Crippen LogP contribution in [0.4, 0.5) is 0 Å². The largest absolute Gasteiger partial charge is 1.00 e. The summed E-state index contributed by atoms with van der Waals surface area (Å²) in [4.78, 5) is 35.3. The van der Waals surface area contributed by atoms with Gasteiger partial charge in [-0.2, -0.15) is 10.2 Å². The zero-order chi connectivity index (χ0) is 64.1. The molecule has 9 atom stereocenters. The van der Waals surface area contributed by atoms with Crippen molar-refractivity contribution in [1.29, 1.82) is 0 Å². The number of carbonyl (C=O) groups excluding carboxylic acids is 2. The number of carbonyl (C=O) groups is 2. The summed E-state index contributed by atoms with van der Waals surface area (Å²) in [7, 11) is 11.6. The molecule has 93 heavy (non-hydrogen) atoms. The Labute approximate surface area is 597 Å². The number of rotatable bonds is 12. The van der Waals surface area contributed by atoms with Crippen LogP contribution in [-0.4, -0.2) is 190 Å². The predicted molar refractivity (Wildman–Crippen MR) is 395 cm³/mol. The first-order valence-electron chi connectivity index (χ1n) is 32.5. The molecule has 0 amide bonds. The zero-order valence-electron chi connectivity index (χ0n) is 59.4. The fourth-order valence-electron chi connectivity index (χ4n) is 12.6. The van der Waals surface area contributed by atoms with Crippen molar-refractivity contribution in [2.45, 2.75) is 122 Å². The Bertz CT molecular complexity index is 2760. The molecule has 5 saturated heterocycles. The van der Waals surface area contributed by atoms with E-state index >= 15 is 0 Å². The van der Waals surface area contributed by atoms with E-state index in [9.17, 15) is 14.7 Å². The van der Waals surface area contributed by atoms with Gasteiger partial charge in [-0.05, 0) is 39.7 Å². The SMILES string of the molecule is C.C.CC1CN(Cc2ccccc2)CC/C1=N\N(C)C.CC1CN(Cc2ccccc2)CCC1=O.CN(C)N.C[C@@H]1CN(Cc2ccccc2)C[C@H](C)C1=NN(C)C.C[C@@H]1CN(Cc2ccccc2)C[C@H](C)C1=O.C[C@@H]1CN(Cc2ccccc2)C[C@H](C)C1O.Cl.[B].[H-].[Na+]. The van der Waals surface area contributed by atoms with Crippen molar-refractivity contribution in [3.8, 4) is 0 Å². The summed E-state index contributed by atoms with van der Waals surface area (Å²) in [6.45, 7) is 32.3. The van der Waals surface area contributed by atoms with E-state index in [-0.39, 0.29) is 90.5 Å². The van der Waals surface area contributed by atoms with E-state index < -0.39 is 0 Å². The van der Waals surface area contributed by atoms with Crippen LogP contribution < -0.4 is 35.4 Å². The minimum absolute atomic E-state index is 0. The first-order chi connectivity index (χ1) is 42.0. The number of hydrazone groups is 2. The third-order valence-corrected chi connectivity index (χ3v) is 16.8. The van der Waals surface area contributed by atoms with E-state index in [4.69, 9.17) is 5.84 Å². The number of Topliss-reactive ketones (excluding diaryl/α,β-unsaturated/α-hetero) is 2. The van der Waals surface area contributed by atoms with Crippen molar-refractivity contribution in [3.05, 3.63) is 179 Å². The first-order valence-corrected chi connectivity index (χ1v) is 32.5. The van der Waals surface area contributed by atoms with Gasteiger partial charge in [-0.3, -0.25) is 44.9 Å². The van der Waals surface area contributed by atoms with Crippen molar-refractivity contribution in [1.82, 2.24) is 39.5 Å². The van der Waals surface area contributed by atoms with Crippen LogP contribution in [-0.2, 0) is 42.3 Å². The van der Waals surface area contributed by atoms with Gasteiger partial charge in [-0.1, -0.05) is 222 Å². The predicted octanol–water partition coefficient (Wildman–Crippen LogP) is 9.57. The third kappa shape index (κ3) is 33.8. The molecule has 0 bridgehead atoms. The molecule has 511 valence electrons. The van der Waals surface area contributed by atoms with E-state index in [1.807, 2.05) is 71.1 Å². The number of likely N-dealkylation sites (tertiary alicyclic amines) is 5. The Hall–Kier alpha value is -4.59. The van der Waals surface area contributed by atoms with Crippen LogP contribution in [0.2, 0.25) is 0 Å². The number of halogens is 1. The van der Waals surface area contributed by atoms with Gasteiger partial charge < -0.3 is 16.6 Å². The summed E-state index contributed by atoms with van der Waals surface area (Å²) >= 11 is 0. The second-order valence-electron chi connectivity index (χ2n) is 26.5. The first kappa shape index (κ1) is 88.4. The quantitative estimate of drug-likeness (QED) is 0.0701. The van der Waals surface area contributed by atoms with E-state index in [0.717, 1.165) is 105 Å². The molecule has 3 unspecified atom stereocenters. The molecule has 5 heterocycles. The molecule has 10 rings (SSSR count). The summed E-state index contributed by atoms with van der Waals surface area (Å²) in [5.41, 5.74) is 9.50. The van der Waals surface area contributed by atoms with Crippen LogP contribution in [0.1, 0.15) is 112 Å². The van der Waals surface area contributed by atoms with E-state index in [0.29, 0.717) is 47.6 Å². The molecule has 5 aromatic rings. The summed E-state index contributed by atoms with van der Waals surface area (Å²) in [5.74, 6) is 8.76. The van der Waals surface area contributed by atoms with Gasteiger partial charge in [0, 0.05) is 209 Å². The summed E-state index contributed by atoms with van der Waals surface area (Å²) < 4.78 is 0. The molecular weight excluding hydrogens is 1180 g/mol. The van der Waals surface area contributed by atoms with Crippen LogP contribution in [0, 0.1) is 47.3 Å². The zero-order valence-corrected chi connectivity index (χ0v) is 61.3. The average molecular weight is 1310 g/mol. The fraction of sp³-hybridized carbons (Fsp3) is 0.553. The summed E-state index contributed by atoms with van der Waals surface area (Å²) in [6, 6.07) is 52.9. The number of nitrogens with zero attached hydrogens (tertiary/aromatic N) is 10. The smallest absolute Gasteiger partial charge is 1.00 e. The summed E-state index contributed by atoms with van der Waals surface area (Å²) in [5, 5.41) is 24.5. The number of benzene rings is 5. The molecule has 5 fully saturated rings. The minimum Gasteiger partial charge on any atom is -1.00 e. The second kappa shape index (κ2) is 47.3. The molecule has 0 aromatic heterocycles. The van der Waals surface area contributed by atoms with Crippen LogP contribution in [0.15, 0.2) is 162 Å². The monoisotopic (exact) mass is 1310 g/mol. The minimum atomic E-state index is -0.132. The van der Waals surface area contributed by atoms with Gasteiger partial charge in [0.15, 0.2) is 0 Å². The Balaban J connectivity index is 0. The van der Waals surface area contributed by atoms with Gasteiger partial charge in [-0.15, -0.1) is 12.4 Å². The number of aliphatic hydroxyl groups excluding tert-OH is 1. The molecular formula is C76H123BClN11NaO3. The van der Waals surface area contributed by atoms with Crippen molar-refractivity contribution >= 4 is 43.8 Å². The topological polar surface area (TPSA) is 131 Å². The van der Waals surface area contributed by atoms with Crippen LogP contribution in [0.25, 0.3) is 0 Å². The molecule has 14 nitrogen and oxygen atoms in total. The maximum absolute atomic E-state index is 11.7. The van der Waals surface area contributed by atoms with Gasteiger partial charge in [0.05, 0.1) is 6.10 Å². The van der Waals surface area contributed by atoms with Crippen molar-refractivity contribution < 1.29 is 45.7 Å². The van der Waals surface area contributed by atoms with E-state index in [1.165, 1.54) is 44.2 Å². The second-order valence-corrected chi connectivity index (χ2v) is 26.5. The number of aliphatic hydroxyl groups is 1. The maximum Gasteiger partial charge on any atom is 1.00 e. The number of piperidine rings is 5. The van der Waals surface area contributed by atoms with Crippen molar-refractivity contribution in [2.75, 3.05) is 108 Å². The van der Waals surface area contributed by atoms with Gasteiger partial charge in [0.25, 0.3) is 0 Å².